The van der Waals surface area contributed by atoms with Gasteiger partial charge < -0.3 is 10.1 Å². The van der Waals surface area contributed by atoms with Gasteiger partial charge in [-0.25, -0.2) is 9.78 Å². The van der Waals surface area contributed by atoms with E-state index in [0.717, 1.165) is 3.57 Å². The number of benzene rings is 1. The lowest BCUT2D eigenvalue weighted by molar-refractivity contribution is -0.384. The number of nitrogens with one attached hydrogen (secondary N) is 1. The molecule has 1 N–H and O–H groups in total. The van der Waals surface area contributed by atoms with Crippen LogP contribution < -0.4 is 5.32 Å². The molecule has 0 amide bonds. The number of hydrogen-bond acceptors (Lipinski definition) is 6. The molecular weight excluding hydrogens is 389 g/mol. The Morgan fingerprint density at radius 1 is 1.38 bits per heavy atom. The van der Waals surface area contributed by atoms with Crippen LogP contribution in [0.4, 0.5) is 17.2 Å². The number of halogens is 1. The standard InChI is InChI=1S/C13H10IN3O4/c1-21-13(18)10-5-6-11(17(19)20)12(16-10)15-9-4-2-3-8(14)7-9/h2-7H,1H3,(H,15,16). The zero-order valence-corrected chi connectivity index (χ0v) is 13.0. The van der Waals surface area contributed by atoms with Crippen LogP contribution in [0.1, 0.15) is 10.5 Å². The highest BCUT2D eigenvalue weighted by molar-refractivity contribution is 14.1. The number of hydrogen-bond donors (Lipinski definition) is 1. The van der Waals surface area contributed by atoms with Crippen molar-refractivity contribution in [1.29, 1.82) is 0 Å². The third kappa shape index (κ3) is 3.66. The van der Waals surface area contributed by atoms with Crippen LogP contribution in [0.25, 0.3) is 0 Å². The van der Waals surface area contributed by atoms with E-state index < -0.39 is 10.9 Å². The van der Waals surface area contributed by atoms with Crippen molar-refractivity contribution in [1.82, 2.24) is 4.98 Å². The number of nitrogens with zero attached hydrogens (tertiary/aromatic N) is 2. The molecule has 8 heteroatoms. The van der Waals surface area contributed by atoms with Crippen LogP contribution in [0, 0.1) is 13.7 Å². The second kappa shape index (κ2) is 6.48. The second-order valence-electron chi connectivity index (χ2n) is 3.95. The Kier molecular flexibility index (Phi) is 4.68. The van der Waals surface area contributed by atoms with Gasteiger partial charge in [-0.15, -0.1) is 0 Å². The quantitative estimate of drug-likeness (QED) is 0.368. The maximum atomic E-state index is 11.5. The van der Waals surface area contributed by atoms with Gasteiger partial charge in [-0.1, -0.05) is 6.07 Å². The lowest BCUT2D eigenvalue weighted by Crippen LogP contribution is -2.08. The number of ether oxygens (including phenoxy) is 1. The number of pyridine rings is 1. The largest absolute Gasteiger partial charge is 0.464 e. The Morgan fingerprint density at radius 3 is 2.76 bits per heavy atom. The minimum absolute atomic E-state index is 0.00349. The molecule has 2 rings (SSSR count). The Morgan fingerprint density at radius 2 is 2.14 bits per heavy atom. The van der Waals surface area contributed by atoms with Gasteiger partial charge in [0.1, 0.15) is 0 Å². The molecule has 0 aliphatic heterocycles. The van der Waals surface area contributed by atoms with Crippen LogP contribution in [0.3, 0.4) is 0 Å². The van der Waals surface area contributed by atoms with E-state index in [1.165, 1.54) is 19.2 Å². The van der Waals surface area contributed by atoms with Crippen molar-refractivity contribution in [3.05, 3.63) is 55.8 Å². The number of methoxy groups -OCH3 is 1. The summed E-state index contributed by atoms with van der Waals surface area (Å²) in [6.45, 7) is 0. The molecule has 0 aliphatic carbocycles. The molecule has 0 radical (unpaired) electrons. The molecule has 0 atom stereocenters. The summed E-state index contributed by atoms with van der Waals surface area (Å²) in [7, 11) is 1.22. The van der Waals surface area contributed by atoms with Crippen LogP contribution in [0.2, 0.25) is 0 Å². The fourth-order valence-corrected chi connectivity index (χ4v) is 2.16. The smallest absolute Gasteiger partial charge is 0.356 e. The third-order valence-corrected chi connectivity index (χ3v) is 3.22. The average Bonchev–Trinajstić information content (AvgIpc) is 2.46. The van der Waals surface area contributed by atoms with E-state index in [-0.39, 0.29) is 17.2 Å². The fraction of sp³-hybridized carbons (Fsp3) is 0.0769. The van der Waals surface area contributed by atoms with Gasteiger partial charge in [0.25, 0.3) is 0 Å². The van der Waals surface area contributed by atoms with E-state index in [4.69, 9.17) is 0 Å². The molecule has 108 valence electrons. The number of esters is 1. The Hall–Kier alpha value is -2.23. The van der Waals surface area contributed by atoms with Gasteiger partial charge in [-0.2, -0.15) is 0 Å². The van der Waals surface area contributed by atoms with E-state index in [1.807, 2.05) is 6.07 Å². The molecule has 21 heavy (non-hydrogen) atoms. The van der Waals surface area contributed by atoms with Crippen LogP contribution in [-0.2, 0) is 4.74 Å². The highest BCUT2D eigenvalue weighted by Crippen LogP contribution is 2.26. The Bertz CT molecular complexity index is 706. The summed E-state index contributed by atoms with van der Waals surface area (Å²) in [6.07, 6.45) is 0. The van der Waals surface area contributed by atoms with Crippen LogP contribution in [0.5, 0.6) is 0 Å². The molecule has 1 heterocycles. The lowest BCUT2D eigenvalue weighted by Gasteiger charge is -2.08. The first-order valence-electron chi connectivity index (χ1n) is 5.77. The lowest BCUT2D eigenvalue weighted by atomic mass is 10.3. The van der Waals surface area contributed by atoms with Crippen LogP contribution in [0.15, 0.2) is 36.4 Å². The summed E-state index contributed by atoms with van der Waals surface area (Å²) >= 11 is 2.13. The van der Waals surface area contributed by atoms with Crippen LogP contribution in [-0.4, -0.2) is 23.0 Å². The molecule has 0 saturated carbocycles. The summed E-state index contributed by atoms with van der Waals surface area (Å²) in [6, 6.07) is 9.72. The zero-order valence-electron chi connectivity index (χ0n) is 10.9. The van der Waals surface area contributed by atoms with Crippen molar-refractivity contribution >= 4 is 45.8 Å². The predicted molar refractivity (Wildman–Crippen MR) is 84.7 cm³/mol. The van der Waals surface area contributed by atoms with Crippen LogP contribution >= 0.6 is 22.6 Å². The molecule has 2 aromatic rings. The van der Waals surface area contributed by atoms with Crippen molar-refractivity contribution in [2.24, 2.45) is 0 Å². The molecular formula is C13H10IN3O4. The Labute approximate surface area is 133 Å². The summed E-state index contributed by atoms with van der Waals surface area (Å²) in [5, 5.41) is 13.9. The molecule has 7 nitrogen and oxygen atoms in total. The third-order valence-electron chi connectivity index (χ3n) is 2.55. The highest BCUT2D eigenvalue weighted by Gasteiger charge is 2.19. The highest BCUT2D eigenvalue weighted by atomic mass is 127. The number of aromatic nitrogens is 1. The van der Waals surface area contributed by atoms with Gasteiger partial charge in [0, 0.05) is 15.3 Å². The average molecular weight is 399 g/mol. The van der Waals surface area contributed by atoms with Gasteiger partial charge in [-0.3, -0.25) is 10.1 Å². The van der Waals surface area contributed by atoms with E-state index in [1.54, 1.807) is 18.2 Å². The number of carbonyl (C=O) groups is 1. The normalized spacial score (nSPS) is 10.0. The van der Waals surface area contributed by atoms with Gasteiger partial charge in [0.2, 0.25) is 5.82 Å². The van der Waals surface area contributed by atoms with Crippen molar-refractivity contribution < 1.29 is 14.5 Å². The fourth-order valence-electron chi connectivity index (χ4n) is 1.61. The topological polar surface area (TPSA) is 94.4 Å². The Balaban J connectivity index is 2.43. The molecule has 1 aromatic heterocycles. The van der Waals surface area contributed by atoms with Gasteiger partial charge in [-0.05, 0) is 46.9 Å². The molecule has 0 unspecified atom stereocenters. The number of nitro groups is 1. The first-order chi connectivity index (χ1) is 10.0. The molecule has 0 aliphatic rings. The number of carbonyl (C=O) groups excluding carboxylic acids is 1. The first-order valence-corrected chi connectivity index (χ1v) is 6.85. The van der Waals surface area contributed by atoms with Gasteiger partial charge in [0.15, 0.2) is 5.69 Å². The minimum atomic E-state index is -0.657. The summed E-state index contributed by atoms with van der Waals surface area (Å²) < 4.78 is 5.52. The number of rotatable bonds is 4. The summed E-state index contributed by atoms with van der Waals surface area (Å²) in [5.74, 6) is -0.666. The summed E-state index contributed by atoms with van der Waals surface area (Å²) in [4.78, 5) is 25.9. The monoisotopic (exact) mass is 399 g/mol. The van der Waals surface area contributed by atoms with E-state index in [9.17, 15) is 14.9 Å². The van der Waals surface area contributed by atoms with E-state index >= 15 is 0 Å². The maximum Gasteiger partial charge on any atom is 0.356 e. The molecule has 0 spiro atoms. The molecule has 0 bridgehead atoms. The van der Waals surface area contributed by atoms with Crippen molar-refractivity contribution in [2.75, 3.05) is 12.4 Å². The minimum Gasteiger partial charge on any atom is -0.464 e. The zero-order chi connectivity index (χ0) is 15.4. The predicted octanol–water partition coefficient (Wildman–Crippen LogP) is 3.12. The van der Waals surface area contributed by atoms with E-state index in [2.05, 4.69) is 37.6 Å². The molecule has 0 fully saturated rings. The second-order valence-corrected chi connectivity index (χ2v) is 5.19. The first kappa shape index (κ1) is 15.2. The van der Waals surface area contributed by atoms with Crippen molar-refractivity contribution in [3.8, 4) is 0 Å². The SMILES string of the molecule is COC(=O)c1ccc([N+](=O)[O-])c(Nc2cccc(I)c2)n1. The molecule has 1 aromatic carbocycles. The molecule has 0 saturated heterocycles. The maximum absolute atomic E-state index is 11.5. The van der Waals surface area contributed by atoms with Crippen molar-refractivity contribution in [3.63, 3.8) is 0 Å². The van der Waals surface area contributed by atoms with Crippen molar-refractivity contribution in [2.45, 2.75) is 0 Å². The summed E-state index contributed by atoms with van der Waals surface area (Å²) in [5.41, 5.74) is 0.414. The van der Waals surface area contributed by atoms with Gasteiger partial charge >= 0.3 is 11.7 Å². The van der Waals surface area contributed by atoms with E-state index in [0.29, 0.717) is 5.69 Å². The van der Waals surface area contributed by atoms with Gasteiger partial charge in [0.05, 0.1) is 12.0 Å². The number of anilines is 2.